The van der Waals surface area contributed by atoms with Gasteiger partial charge in [-0.2, -0.15) is 43.2 Å². The maximum atomic E-state index is 10.7. The molecule has 0 heterocycles. The van der Waals surface area contributed by atoms with E-state index in [0.717, 1.165) is 0 Å². The minimum Gasteiger partial charge on any atom is -0.412 e. The van der Waals surface area contributed by atoms with Crippen LogP contribution in [0.25, 0.3) is 0 Å². The molecule has 116 valence electrons. The van der Waals surface area contributed by atoms with E-state index < -0.39 is 31.3 Å². The van der Waals surface area contributed by atoms with Crippen LogP contribution >= 0.6 is 0 Å². The summed E-state index contributed by atoms with van der Waals surface area (Å²) in [7, 11) is -11.7. The molecule has 0 fully saturated rings. The van der Waals surface area contributed by atoms with Gasteiger partial charge in [0.05, 0.1) is 0 Å². The van der Waals surface area contributed by atoms with Crippen molar-refractivity contribution in [3.05, 3.63) is 0 Å². The molecule has 0 aliphatic carbocycles. The molecule has 0 unspecified atom stereocenters. The highest BCUT2D eigenvalue weighted by Crippen LogP contribution is 2.21. The highest BCUT2D eigenvalue weighted by Gasteiger charge is 2.45. The zero-order chi connectivity index (χ0) is 14.0. The number of halogens is 6. The van der Waals surface area contributed by atoms with Gasteiger partial charge in [0, 0.05) is 0 Å². The van der Waals surface area contributed by atoms with Crippen LogP contribution in [0, 0.1) is 0 Å². The van der Waals surface area contributed by atoms with Crippen molar-refractivity contribution < 1.29 is 63.2 Å². The van der Waals surface area contributed by atoms with Crippen molar-refractivity contribution in [2.45, 2.75) is 11.0 Å². The molecule has 8 nitrogen and oxygen atoms in total. The van der Waals surface area contributed by atoms with Crippen molar-refractivity contribution in [1.29, 1.82) is 0 Å². The van der Waals surface area contributed by atoms with E-state index in [1.54, 1.807) is 0 Å². The lowest BCUT2D eigenvalue weighted by molar-refractivity contribution is -0.0514. The fraction of sp³-hybridized carbons (Fsp3) is 1.00. The van der Waals surface area contributed by atoms with E-state index >= 15 is 0 Å². The van der Waals surface area contributed by atoms with E-state index in [1.165, 1.54) is 0 Å². The first-order valence-electron chi connectivity index (χ1n) is 2.57. The van der Waals surface area contributed by atoms with Gasteiger partial charge >= 0.3 is 31.3 Å². The van der Waals surface area contributed by atoms with Crippen LogP contribution in [0.5, 0.6) is 0 Å². The highest BCUT2D eigenvalue weighted by atomic mass is 32.2. The first-order valence-corrected chi connectivity index (χ1v) is 5.45. The number of hydrogen-bond acceptors (Lipinski definition) is 4. The molecule has 0 aliphatic heterocycles. The van der Waals surface area contributed by atoms with E-state index in [0.29, 0.717) is 0 Å². The summed E-state index contributed by atoms with van der Waals surface area (Å²) in [6.07, 6.45) is 0. The van der Waals surface area contributed by atoms with Gasteiger partial charge in [0.1, 0.15) is 0 Å². The van der Waals surface area contributed by atoms with Gasteiger partial charge in [-0.1, -0.05) is 0 Å². The third kappa shape index (κ3) is 10.5. The van der Waals surface area contributed by atoms with Crippen LogP contribution in [0.1, 0.15) is 0 Å². The molecule has 0 bridgehead atoms. The van der Waals surface area contributed by atoms with Gasteiger partial charge < -0.3 is 11.0 Å². The molecule has 0 rings (SSSR count). The van der Waals surface area contributed by atoms with Gasteiger partial charge in [-0.05, 0) is 0 Å². The van der Waals surface area contributed by atoms with Crippen LogP contribution in [0.3, 0.4) is 0 Å². The van der Waals surface area contributed by atoms with E-state index in [9.17, 15) is 26.3 Å². The second-order valence-electron chi connectivity index (χ2n) is 1.84. The molecule has 0 aromatic carbocycles. The SMILES string of the molecule is O.O.O=S(=O)(O)C(F)(F)F.O=S(=O)(O)C(F)(F)F. The molecule has 0 aromatic rings. The lowest BCUT2D eigenvalue weighted by atomic mass is 11.6. The zero-order valence-electron chi connectivity index (χ0n) is 7.61. The van der Waals surface area contributed by atoms with Gasteiger partial charge in [-0.15, -0.1) is 0 Å². The Kier molecular flexibility index (Phi) is 10.2. The molecule has 6 N–H and O–H groups in total. The summed E-state index contributed by atoms with van der Waals surface area (Å²) in [4.78, 5) is 0. The lowest BCUT2D eigenvalue weighted by Crippen LogP contribution is -2.21. The molecule has 0 spiro atoms. The maximum Gasteiger partial charge on any atom is 0.522 e. The highest BCUT2D eigenvalue weighted by molar-refractivity contribution is 7.86. The number of alkyl halides is 6. The number of rotatable bonds is 0. The Morgan fingerprint density at radius 3 is 0.667 bits per heavy atom. The van der Waals surface area contributed by atoms with Crippen molar-refractivity contribution in [3.8, 4) is 0 Å². The van der Waals surface area contributed by atoms with Crippen molar-refractivity contribution in [3.63, 3.8) is 0 Å². The van der Waals surface area contributed by atoms with Gasteiger partial charge in [0.25, 0.3) is 0 Å². The molecule has 0 saturated carbocycles. The topological polar surface area (TPSA) is 172 Å². The van der Waals surface area contributed by atoms with Crippen LogP contribution in [0.4, 0.5) is 26.3 Å². The van der Waals surface area contributed by atoms with Crippen molar-refractivity contribution in [2.75, 3.05) is 0 Å². The molecule has 18 heavy (non-hydrogen) atoms. The molecular weight excluding hydrogens is 330 g/mol. The molecule has 0 aliphatic rings. The van der Waals surface area contributed by atoms with Crippen molar-refractivity contribution in [2.24, 2.45) is 0 Å². The standard InChI is InChI=1S/2CHF3O3S.2H2O/c2*2-1(3,4)8(5,6)7;;/h2*(H,5,6,7);2*1H2. The van der Waals surface area contributed by atoms with Gasteiger partial charge in [-0.3, -0.25) is 9.11 Å². The molecule has 0 aromatic heterocycles. The smallest absolute Gasteiger partial charge is 0.412 e. The zero-order valence-corrected chi connectivity index (χ0v) is 9.24. The van der Waals surface area contributed by atoms with Crippen molar-refractivity contribution >= 4 is 20.2 Å². The van der Waals surface area contributed by atoms with E-state index in [4.69, 9.17) is 25.9 Å². The summed E-state index contributed by atoms with van der Waals surface area (Å²) in [5.41, 5.74) is -11.1. The average molecular weight is 336 g/mol. The summed E-state index contributed by atoms with van der Waals surface area (Å²) in [6.45, 7) is 0. The second kappa shape index (κ2) is 7.04. The van der Waals surface area contributed by atoms with Gasteiger partial charge in [0.15, 0.2) is 0 Å². The second-order valence-corrected chi connectivity index (χ2v) is 4.67. The molecule has 16 heteroatoms. The van der Waals surface area contributed by atoms with Crippen LogP contribution < -0.4 is 0 Å². The first-order chi connectivity index (χ1) is 6.50. The fourth-order valence-electron chi connectivity index (χ4n) is 0. The van der Waals surface area contributed by atoms with E-state index in [-0.39, 0.29) is 11.0 Å². The monoisotopic (exact) mass is 336 g/mol. The Bertz CT molecular complexity index is 371. The minimum atomic E-state index is -5.84. The Balaban J connectivity index is -0.0000000980. The van der Waals surface area contributed by atoms with Gasteiger partial charge in [0.2, 0.25) is 0 Å². The summed E-state index contributed by atoms with van der Waals surface area (Å²) in [5, 5.41) is 0. The predicted octanol–water partition coefficient (Wildman–Crippen LogP) is -0.861. The quantitative estimate of drug-likeness (QED) is 0.331. The Labute approximate surface area is 95.3 Å². The van der Waals surface area contributed by atoms with E-state index in [1.807, 2.05) is 0 Å². The molecular formula is C2H6F6O8S2. The Morgan fingerprint density at radius 2 is 0.667 bits per heavy atom. The van der Waals surface area contributed by atoms with Crippen molar-refractivity contribution in [1.82, 2.24) is 0 Å². The summed E-state index contributed by atoms with van der Waals surface area (Å²) in [6, 6.07) is 0. The Morgan fingerprint density at radius 1 is 0.611 bits per heavy atom. The summed E-state index contributed by atoms with van der Waals surface area (Å²) in [5.74, 6) is 0. The molecule has 0 amide bonds. The number of hydrogen-bond donors (Lipinski definition) is 2. The van der Waals surface area contributed by atoms with Crippen LogP contribution in [0.2, 0.25) is 0 Å². The lowest BCUT2D eigenvalue weighted by Gasteiger charge is -1.97. The normalized spacial score (nSPS) is 12.4. The van der Waals surface area contributed by atoms with Gasteiger partial charge in [-0.25, -0.2) is 0 Å². The largest absolute Gasteiger partial charge is 0.522 e. The average Bonchev–Trinajstić information content (AvgIpc) is 1.77. The summed E-state index contributed by atoms with van der Waals surface area (Å²) < 4.78 is 115. The van der Waals surface area contributed by atoms with Crippen LogP contribution in [-0.2, 0) is 20.2 Å². The molecule has 0 radical (unpaired) electrons. The maximum absolute atomic E-state index is 10.7. The third-order valence-corrected chi connectivity index (χ3v) is 1.75. The first kappa shape index (κ1) is 26.0. The van der Waals surface area contributed by atoms with Crippen LogP contribution in [0.15, 0.2) is 0 Å². The minimum absolute atomic E-state index is 0. The van der Waals surface area contributed by atoms with Crippen LogP contribution in [-0.4, -0.2) is 47.9 Å². The molecule has 0 atom stereocenters. The third-order valence-electron chi connectivity index (χ3n) is 0.585. The molecule has 0 saturated heterocycles. The fourth-order valence-corrected chi connectivity index (χ4v) is 0. The Hall–Kier alpha value is -0.680. The van der Waals surface area contributed by atoms with E-state index in [2.05, 4.69) is 0 Å². The predicted molar refractivity (Wildman–Crippen MR) is 42.4 cm³/mol. The summed E-state index contributed by atoms with van der Waals surface area (Å²) >= 11 is 0.